The third kappa shape index (κ3) is 4.01. The summed E-state index contributed by atoms with van der Waals surface area (Å²) < 4.78 is 0. The summed E-state index contributed by atoms with van der Waals surface area (Å²) in [5, 5.41) is 4.15. The third-order valence-electron chi connectivity index (χ3n) is 3.97. The first kappa shape index (κ1) is 15.4. The van der Waals surface area contributed by atoms with Crippen LogP contribution >= 0.6 is 11.8 Å². The van der Waals surface area contributed by atoms with Gasteiger partial charge in [0.1, 0.15) is 11.6 Å². The number of thioether (sulfide) groups is 1. The molecule has 1 aliphatic rings. The Hall–Kier alpha value is -0.970. The molecule has 2 rings (SSSR count). The maximum absolute atomic E-state index is 4.68. The number of nitrogens with one attached hydrogen (secondary N) is 1. The van der Waals surface area contributed by atoms with E-state index < -0.39 is 0 Å². The first-order valence-electron chi connectivity index (χ1n) is 7.64. The minimum atomic E-state index is 0.622. The van der Waals surface area contributed by atoms with Gasteiger partial charge in [-0.3, -0.25) is 0 Å². The van der Waals surface area contributed by atoms with E-state index in [9.17, 15) is 0 Å². The Balaban J connectivity index is 2.18. The molecule has 0 saturated heterocycles. The van der Waals surface area contributed by atoms with E-state index in [0.717, 1.165) is 23.3 Å². The Bertz CT molecular complexity index is 416. The predicted molar refractivity (Wildman–Crippen MR) is 87.9 cm³/mol. The average molecular weight is 294 g/mol. The molecule has 0 atom stereocenters. The molecule has 0 bridgehead atoms. The molecule has 0 radical (unpaired) electrons. The lowest BCUT2D eigenvalue weighted by atomic mass is 10.1. The number of rotatable bonds is 5. The lowest BCUT2D eigenvalue weighted by Crippen LogP contribution is -2.32. The van der Waals surface area contributed by atoms with Crippen LogP contribution in [0.15, 0.2) is 11.2 Å². The van der Waals surface area contributed by atoms with Crippen LogP contribution in [0.2, 0.25) is 0 Å². The van der Waals surface area contributed by atoms with E-state index in [1.165, 1.54) is 38.5 Å². The number of hydrogen-bond acceptors (Lipinski definition) is 5. The van der Waals surface area contributed by atoms with Gasteiger partial charge in [0.2, 0.25) is 0 Å². The van der Waals surface area contributed by atoms with Crippen molar-refractivity contribution in [3.05, 3.63) is 6.07 Å². The van der Waals surface area contributed by atoms with Crippen molar-refractivity contribution < 1.29 is 0 Å². The largest absolute Gasteiger partial charge is 0.370 e. The first-order valence-corrected chi connectivity index (χ1v) is 8.87. The van der Waals surface area contributed by atoms with E-state index in [2.05, 4.69) is 40.2 Å². The van der Waals surface area contributed by atoms with E-state index in [1.807, 2.05) is 6.26 Å². The van der Waals surface area contributed by atoms with Crippen LogP contribution in [-0.2, 0) is 0 Å². The van der Waals surface area contributed by atoms with Crippen LogP contribution in [0.1, 0.15) is 45.4 Å². The smallest absolute Gasteiger partial charge is 0.191 e. The summed E-state index contributed by atoms with van der Waals surface area (Å²) in [4.78, 5) is 11.5. The normalized spacial score (nSPS) is 16.8. The van der Waals surface area contributed by atoms with Gasteiger partial charge in [0, 0.05) is 25.7 Å². The summed E-state index contributed by atoms with van der Waals surface area (Å²) in [6.07, 6.45) is 10.0. The fourth-order valence-corrected chi connectivity index (χ4v) is 3.16. The van der Waals surface area contributed by atoms with Crippen molar-refractivity contribution in [2.24, 2.45) is 0 Å². The second-order valence-corrected chi connectivity index (χ2v) is 6.16. The van der Waals surface area contributed by atoms with E-state index in [-0.39, 0.29) is 0 Å². The highest BCUT2D eigenvalue weighted by molar-refractivity contribution is 7.98. The van der Waals surface area contributed by atoms with Crippen molar-refractivity contribution >= 4 is 23.4 Å². The molecule has 0 amide bonds. The van der Waals surface area contributed by atoms with Crippen molar-refractivity contribution in [1.82, 2.24) is 9.97 Å². The number of anilines is 2. The van der Waals surface area contributed by atoms with Crippen LogP contribution in [-0.4, -0.2) is 35.9 Å². The Kier molecular flexibility index (Phi) is 5.95. The van der Waals surface area contributed by atoms with E-state index >= 15 is 0 Å². The molecule has 20 heavy (non-hydrogen) atoms. The Morgan fingerprint density at radius 1 is 1.25 bits per heavy atom. The van der Waals surface area contributed by atoms with Gasteiger partial charge in [0.05, 0.1) is 0 Å². The van der Waals surface area contributed by atoms with Gasteiger partial charge in [0.25, 0.3) is 0 Å². The molecule has 1 heterocycles. The van der Waals surface area contributed by atoms with E-state index in [0.29, 0.717) is 6.04 Å². The maximum atomic E-state index is 4.68. The molecule has 1 aliphatic carbocycles. The molecule has 1 fully saturated rings. The molecule has 1 saturated carbocycles. The summed E-state index contributed by atoms with van der Waals surface area (Å²) in [5.41, 5.74) is 0. The molecule has 0 aromatic carbocycles. The summed E-state index contributed by atoms with van der Waals surface area (Å²) in [6.45, 7) is 2.98. The molecular weight excluding hydrogens is 268 g/mol. The molecule has 5 heteroatoms. The van der Waals surface area contributed by atoms with Gasteiger partial charge in [-0.15, -0.1) is 0 Å². The topological polar surface area (TPSA) is 41.0 Å². The van der Waals surface area contributed by atoms with Gasteiger partial charge >= 0.3 is 0 Å². The van der Waals surface area contributed by atoms with Crippen LogP contribution in [0.25, 0.3) is 0 Å². The Labute approximate surface area is 126 Å². The lowest BCUT2D eigenvalue weighted by molar-refractivity contribution is 0.547. The van der Waals surface area contributed by atoms with Crippen LogP contribution < -0.4 is 10.2 Å². The highest BCUT2D eigenvalue weighted by atomic mass is 32.2. The van der Waals surface area contributed by atoms with Gasteiger partial charge in [-0.1, -0.05) is 37.4 Å². The van der Waals surface area contributed by atoms with Crippen molar-refractivity contribution in [3.8, 4) is 0 Å². The summed E-state index contributed by atoms with van der Waals surface area (Å²) in [5.74, 6) is 1.98. The van der Waals surface area contributed by atoms with Crippen LogP contribution in [0.3, 0.4) is 0 Å². The van der Waals surface area contributed by atoms with Gasteiger partial charge in [0.15, 0.2) is 5.16 Å². The SMILES string of the molecule is CCNc1cc(N(C)C2CCCCCC2)nc(SC)n1. The molecule has 0 spiro atoms. The van der Waals surface area contributed by atoms with Crippen molar-refractivity contribution in [2.75, 3.05) is 30.1 Å². The summed E-state index contributed by atoms with van der Waals surface area (Å²) in [7, 11) is 2.18. The zero-order valence-electron chi connectivity index (χ0n) is 12.9. The van der Waals surface area contributed by atoms with Crippen LogP contribution in [0, 0.1) is 0 Å². The second kappa shape index (κ2) is 7.72. The Morgan fingerprint density at radius 2 is 1.95 bits per heavy atom. The average Bonchev–Trinajstić information content (AvgIpc) is 2.75. The molecule has 0 aliphatic heterocycles. The van der Waals surface area contributed by atoms with E-state index in [4.69, 9.17) is 0 Å². The number of aromatic nitrogens is 2. The van der Waals surface area contributed by atoms with Gasteiger partial charge in [-0.2, -0.15) is 0 Å². The molecule has 0 unspecified atom stereocenters. The van der Waals surface area contributed by atoms with Gasteiger partial charge < -0.3 is 10.2 Å². The molecule has 1 N–H and O–H groups in total. The first-order chi connectivity index (χ1) is 9.74. The lowest BCUT2D eigenvalue weighted by Gasteiger charge is -2.28. The van der Waals surface area contributed by atoms with Crippen molar-refractivity contribution in [3.63, 3.8) is 0 Å². The predicted octanol–water partition coefficient (Wildman–Crippen LogP) is 3.79. The maximum Gasteiger partial charge on any atom is 0.191 e. The van der Waals surface area contributed by atoms with Gasteiger partial charge in [-0.25, -0.2) is 9.97 Å². The minimum Gasteiger partial charge on any atom is -0.370 e. The highest BCUT2D eigenvalue weighted by Gasteiger charge is 2.19. The van der Waals surface area contributed by atoms with Crippen molar-refractivity contribution in [1.29, 1.82) is 0 Å². The van der Waals surface area contributed by atoms with Gasteiger partial charge in [-0.05, 0) is 26.0 Å². The number of hydrogen-bond donors (Lipinski definition) is 1. The minimum absolute atomic E-state index is 0.622. The monoisotopic (exact) mass is 294 g/mol. The zero-order valence-corrected chi connectivity index (χ0v) is 13.7. The molecule has 1 aromatic heterocycles. The fourth-order valence-electron chi connectivity index (χ4n) is 2.79. The molecule has 1 aromatic rings. The van der Waals surface area contributed by atoms with Crippen LogP contribution in [0.5, 0.6) is 0 Å². The molecular formula is C15H26N4S. The molecule has 4 nitrogen and oxygen atoms in total. The Morgan fingerprint density at radius 3 is 2.55 bits per heavy atom. The van der Waals surface area contributed by atoms with Crippen molar-refractivity contribution in [2.45, 2.75) is 56.6 Å². The fraction of sp³-hybridized carbons (Fsp3) is 0.733. The van der Waals surface area contributed by atoms with Crippen LogP contribution in [0.4, 0.5) is 11.6 Å². The third-order valence-corrected chi connectivity index (χ3v) is 4.51. The summed E-state index contributed by atoms with van der Waals surface area (Å²) in [6, 6.07) is 2.70. The second-order valence-electron chi connectivity index (χ2n) is 5.38. The highest BCUT2D eigenvalue weighted by Crippen LogP contribution is 2.26. The van der Waals surface area contributed by atoms with E-state index in [1.54, 1.807) is 11.8 Å². The summed E-state index contributed by atoms with van der Waals surface area (Å²) >= 11 is 1.60. The standard InChI is InChI=1S/C15H26N4S/c1-4-16-13-11-14(18-15(17-13)20-3)19(2)12-9-7-5-6-8-10-12/h11-12H,4-10H2,1-3H3,(H,16,17,18). The quantitative estimate of drug-likeness (QED) is 0.508. The molecule has 112 valence electrons. The zero-order chi connectivity index (χ0) is 14.4. The number of nitrogens with zero attached hydrogens (tertiary/aromatic N) is 3.